The second-order valence-electron chi connectivity index (χ2n) is 5.42. The monoisotopic (exact) mass is 338 g/mol. The van der Waals surface area contributed by atoms with E-state index in [1.165, 1.54) is 6.39 Å². The number of rotatable bonds is 5. The van der Waals surface area contributed by atoms with Crippen LogP contribution in [0.4, 0.5) is 5.69 Å². The van der Waals surface area contributed by atoms with Crippen LogP contribution in [0.1, 0.15) is 16.1 Å². The van der Waals surface area contributed by atoms with Gasteiger partial charge in [-0.05, 0) is 48.9 Å². The van der Waals surface area contributed by atoms with Gasteiger partial charge >= 0.3 is 0 Å². The zero-order valence-corrected chi connectivity index (χ0v) is 14.2. The molecular weight excluding hydrogens is 320 g/mol. The maximum absolute atomic E-state index is 12.7. The number of carbonyl (C=O) groups is 1. The van der Waals surface area contributed by atoms with E-state index in [-0.39, 0.29) is 11.6 Å². The van der Waals surface area contributed by atoms with Crippen molar-refractivity contribution in [3.63, 3.8) is 0 Å². The molecule has 3 aromatic rings. The van der Waals surface area contributed by atoms with Crippen molar-refractivity contribution in [1.29, 1.82) is 0 Å². The number of benzene rings is 2. The van der Waals surface area contributed by atoms with Gasteiger partial charge in [-0.15, -0.1) is 0 Å². The number of nitrogens with one attached hydrogen (secondary N) is 1. The van der Waals surface area contributed by atoms with E-state index in [9.17, 15) is 4.79 Å². The zero-order chi connectivity index (χ0) is 17.8. The van der Waals surface area contributed by atoms with Gasteiger partial charge in [-0.3, -0.25) is 4.79 Å². The highest BCUT2D eigenvalue weighted by Crippen LogP contribution is 2.28. The van der Waals surface area contributed by atoms with Gasteiger partial charge in [0.15, 0.2) is 17.8 Å². The Bertz CT molecular complexity index is 885. The molecule has 1 N–H and O–H groups in total. The van der Waals surface area contributed by atoms with Gasteiger partial charge < -0.3 is 19.2 Å². The first kappa shape index (κ1) is 16.6. The standard InChI is InChI=1S/C19H18N2O4/c1-12-4-9-16(24-3)15(10-12)21-19(22)17-18(25-11-20-17)13-5-7-14(23-2)8-6-13/h4-11H,1-3H3,(H,21,22). The predicted molar refractivity (Wildman–Crippen MR) is 94.2 cm³/mol. The van der Waals surface area contributed by atoms with Gasteiger partial charge in [0.2, 0.25) is 0 Å². The number of oxazole rings is 1. The van der Waals surface area contributed by atoms with E-state index in [1.54, 1.807) is 32.4 Å². The Morgan fingerprint density at radius 1 is 1.08 bits per heavy atom. The SMILES string of the molecule is COc1ccc(-c2ocnc2C(=O)Nc2cc(C)ccc2OC)cc1. The summed E-state index contributed by atoms with van der Waals surface area (Å²) in [6.07, 6.45) is 1.25. The van der Waals surface area contributed by atoms with Gasteiger partial charge in [0.05, 0.1) is 19.9 Å². The minimum absolute atomic E-state index is 0.203. The fraction of sp³-hybridized carbons (Fsp3) is 0.158. The molecule has 0 fully saturated rings. The molecule has 0 atom stereocenters. The molecule has 6 heteroatoms. The van der Waals surface area contributed by atoms with Crippen molar-refractivity contribution < 1.29 is 18.7 Å². The molecule has 0 unspecified atom stereocenters. The number of carbonyl (C=O) groups excluding carboxylic acids is 1. The van der Waals surface area contributed by atoms with Crippen molar-refractivity contribution in [2.24, 2.45) is 0 Å². The van der Waals surface area contributed by atoms with Crippen LogP contribution in [-0.4, -0.2) is 25.1 Å². The summed E-state index contributed by atoms with van der Waals surface area (Å²) in [7, 11) is 3.15. The molecule has 0 aliphatic rings. The van der Waals surface area contributed by atoms with Crippen molar-refractivity contribution in [1.82, 2.24) is 4.98 Å². The van der Waals surface area contributed by atoms with E-state index in [0.29, 0.717) is 17.2 Å². The first-order chi connectivity index (χ1) is 12.1. The van der Waals surface area contributed by atoms with Crippen molar-refractivity contribution in [2.45, 2.75) is 6.92 Å². The molecule has 6 nitrogen and oxygen atoms in total. The van der Waals surface area contributed by atoms with Crippen molar-refractivity contribution >= 4 is 11.6 Å². The van der Waals surface area contributed by atoms with Crippen LogP contribution in [0.5, 0.6) is 11.5 Å². The molecule has 2 aromatic carbocycles. The van der Waals surface area contributed by atoms with E-state index in [1.807, 2.05) is 31.2 Å². The molecule has 25 heavy (non-hydrogen) atoms. The number of aromatic nitrogens is 1. The fourth-order valence-electron chi connectivity index (χ4n) is 2.46. The smallest absolute Gasteiger partial charge is 0.278 e. The average Bonchev–Trinajstić information content (AvgIpc) is 3.12. The number of hydrogen-bond acceptors (Lipinski definition) is 5. The summed E-state index contributed by atoms with van der Waals surface area (Å²) in [6, 6.07) is 12.8. The van der Waals surface area contributed by atoms with Crippen LogP contribution >= 0.6 is 0 Å². The van der Waals surface area contributed by atoms with Crippen LogP contribution in [0, 0.1) is 6.92 Å². The van der Waals surface area contributed by atoms with Gasteiger partial charge in [-0.1, -0.05) is 6.07 Å². The molecule has 0 bridgehead atoms. The van der Waals surface area contributed by atoms with Gasteiger partial charge in [0.1, 0.15) is 11.5 Å². The molecule has 0 saturated heterocycles. The molecule has 0 aliphatic carbocycles. The molecule has 1 aromatic heterocycles. The quantitative estimate of drug-likeness (QED) is 0.763. The lowest BCUT2D eigenvalue weighted by atomic mass is 10.1. The summed E-state index contributed by atoms with van der Waals surface area (Å²) in [4.78, 5) is 16.7. The summed E-state index contributed by atoms with van der Waals surface area (Å²) in [6.45, 7) is 1.94. The Kier molecular flexibility index (Phi) is 4.70. The normalized spacial score (nSPS) is 10.4. The number of methoxy groups -OCH3 is 2. The van der Waals surface area contributed by atoms with E-state index < -0.39 is 0 Å². The highest BCUT2D eigenvalue weighted by atomic mass is 16.5. The van der Waals surface area contributed by atoms with Crippen LogP contribution in [-0.2, 0) is 0 Å². The Morgan fingerprint density at radius 3 is 2.52 bits per heavy atom. The number of aryl methyl sites for hydroxylation is 1. The first-order valence-electron chi connectivity index (χ1n) is 7.66. The van der Waals surface area contributed by atoms with Gasteiger partial charge in [0, 0.05) is 5.56 Å². The third-order valence-corrected chi connectivity index (χ3v) is 3.74. The second kappa shape index (κ2) is 7.09. The second-order valence-corrected chi connectivity index (χ2v) is 5.42. The maximum Gasteiger partial charge on any atom is 0.278 e. The Labute approximate surface area is 145 Å². The molecule has 128 valence electrons. The van der Waals surface area contributed by atoms with Crippen LogP contribution in [0.15, 0.2) is 53.3 Å². The largest absolute Gasteiger partial charge is 0.497 e. The summed E-state index contributed by atoms with van der Waals surface area (Å²) in [5, 5.41) is 2.83. The molecule has 3 rings (SSSR count). The lowest BCUT2D eigenvalue weighted by molar-refractivity contribution is 0.102. The molecule has 0 saturated carbocycles. The third kappa shape index (κ3) is 3.47. The number of amides is 1. The van der Waals surface area contributed by atoms with Crippen molar-refractivity contribution in [2.75, 3.05) is 19.5 Å². The number of ether oxygens (including phenoxy) is 2. The summed E-state index contributed by atoms with van der Waals surface area (Å²) in [5.41, 5.74) is 2.52. The van der Waals surface area contributed by atoms with E-state index >= 15 is 0 Å². The van der Waals surface area contributed by atoms with E-state index in [2.05, 4.69) is 10.3 Å². The van der Waals surface area contributed by atoms with Crippen LogP contribution in [0.25, 0.3) is 11.3 Å². The molecule has 0 spiro atoms. The average molecular weight is 338 g/mol. The van der Waals surface area contributed by atoms with Crippen molar-refractivity contribution in [3.05, 3.63) is 60.1 Å². The van der Waals surface area contributed by atoms with Crippen LogP contribution < -0.4 is 14.8 Å². The number of nitrogens with zero attached hydrogens (tertiary/aromatic N) is 1. The van der Waals surface area contributed by atoms with E-state index in [4.69, 9.17) is 13.9 Å². The third-order valence-electron chi connectivity index (χ3n) is 3.74. The van der Waals surface area contributed by atoms with Crippen molar-refractivity contribution in [3.8, 4) is 22.8 Å². The Balaban J connectivity index is 1.89. The van der Waals surface area contributed by atoms with Gasteiger partial charge in [-0.25, -0.2) is 4.98 Å². The topological polar surface area (TPSA) is 73.6 Å². The zero-order valence-electron chi connectivity index (χ0n) is 14.2. The summed E-state index contributed by atoms with van der Waals surface area (Å²) in [5.74, 6) is 1.32. The van der Waals surface area contributed by atoms with E-state index in [0.717, 1.165) is 16.9 Å². The predicted octanol–water partition coefficient (Wildman–Crippen LogP) is 3.92. The first-order valence-corrected chi connectivity index (χ1v) is 7.66. The maximum atomic E-state index is 12.7. The fourth-order valence-corrected chi connectivity index (χ4v) is 2.46. The highest BCUT2D eigenvalue weighted by molar-refractivity contribution is 6.07. The highest BCUT2D eigenvalue weighted by Gasteiger charge is 2.19. The molecule has 0 radical (unpaired) electrons. The minimum Gasteiger partial charge on any atom is -0.497 e. The lowest BCUT2D eigenvalue weighted by Gasteiger charge is -2.10. The molecular formula is C19H18N2O4. The lowest BCUT2D eigenvalue weighted by Crippen LogP contribution is -2.14. The van der Waals surface area contributed by atoms with Gasteiger partial charge in [0.25, 0.3) is 5.91 Å². The van der Waals surface area contributed by atoms with Crippen LogP contribution in [0.2, 0.25) is 0 Å². The number of anilines is 1. The number of hydrogen-bond donors (Lipinski definition) is 1. The molecule has 1 amide bonds. The Morgan fingerprint density at radius 2 is 1.84 bits per heavy atom. The summed E-state index contributed by atoms with van der Waals surface area (Å²) < 4.78 is 15.8. The minimum atomic E-state index is -0.372. The molecule has 1 heterocycles. The summed E-state index contributed by atoms with van der Waals surface area (Å²) >= 11 is 0. The van der Waals surface area contributed by atoms with Gasteiger partial charge in [-0.2, -0.15) is 0 Å². The Hall–Kier alpha value is -3.28. The van der Waals surface area contributed by atoms with Crippen LogP contribution in [0.3, 0.4) is 0 Å². The molecule has 0 aliphatic heterocycles.